The number of halogens is 4. The number of fused-ring (bicyclic) bond motifs is 1. The van der Waals surface area contributed by atoms with Crippen molar-refractivity contribution in [2.24, 2.45) is 0 Å². The van der Waals surface area contributed by atoms with E-state index in [0.29, 0.717) is 11.0 Å². The molecule has 0 radical (unpaired) electrons. The van der Waals surface area contributed by atoms with Crippen molar-refractivity contribution >= 4 is 20.9 Å². The number of sulfone groups is 1. The number of alkyl halides is 3. The summed E-state index contributed by atoms with van der Waals surface area (Å²) in [6, 6.07) is 7.20. The number of ether oxygens (including phenoxy) is 1. The zero-order valence-electron chi connectivity index (χ0n) is 13.3. The van der Waals surface area contributed by atoms with Crippen molar-refractivity contribution in [3.63, 3.8) is 0 Å². The number of rotatable bonds is 4. The standard InChI is InChI=1S/C16H12F4N2O3S/c1-2-26(23,24)10-4-6-12-13(8-10)22-15(21-12)9-3-5-11(17)14(7-9)25-16(18,19)20/h3-8H,2H2,1H3,(H,21,22). The van der Waals surface area contributed by atoms with Gasteiger partial charge in [-0.15, -0.1) is 13.2 Å². The van der Waals surface area contributed by atoms with Crippen LogP contribution in [0.3, 0.4) is 0 Å². The molecular weight excluding hydrogens is 376 g/mol. The summed E-state index contributed by atoms with van der Waals surface area (Å²) < 4.78 is 78.1. The van der Waals surface area contributed by atoms with E-state index in [1.54, 1.807) is 0 Å². The second kappa shape index (κ2) is 6.27. The molecule has 1 heterocycles. The number of H-pyrrole nitrogens is 1. The molecule has 0 atom stereocenters. The van der Waals surface area contributed by atoms with E-state index >= 15 is 0 Å². The lowest BCUT2D eigenvalue weighted by Crippen LogP contribution is -2.18. The molecule has 2 aromatic carbocycles. The van der Waals surface area contributed by atoms with E-state index in [0.717, 1.165) is 12.1 Å². The monoisotopic (exact) mass is 388 g/mol. The van der Waals surface area contributed by atoms with E-state index in [2.05, 4.69) is 14.7 Å². The second-order valence-electron chi connectivity index (χ2n) is 5.36. The van der Waals surface area contributed by atoms with Crippen molar-refractivity contribution in [2.75, 3.05) is 5.75 Å². The molecular formula is C16H12F4N2O3S. The van der Waals surface area contributed by atoms with Gasteiger partial charge < -0.3 is 9.72 Å². The van der Waals surface area contributed by atoms with Gasteiger partial charge in [0, 0.05) is 5.56 Å². The van der Waals surface area contributed by atoms with Gasteiger partial charge >= 0.3 is 6.36 Å². The number of hydrogen-bond donors (Lipinski definition) is 1. The third-order valence-corrected chi connectivity index (χ3v) is 5.36. The molecule has 3 aromatic rings. The van der Waals surface area contributed by atoms with Crippen LogP contribution in [0.5, 0.6) is 5.75 Å². The third kappa shape index (κ3) is 3.64. The first-order chi connectivity index (χ1) is 12.1. The van der Waals surface area contributed by atoms with Gasteiger partial charge in [-0.2, -0.15) is 0 Å². The van der Waals surface area contributed by atoms with Crippen LogP contribution in [0.25, 0.3) is 22.4 Å². The molecule has 10 heteroatoms. The Hall–Kier alpha value is -2.62. The highest BCUT2D eigenvalue weighted by Gasteiger charge is 2.32. The normalized spacial score (nSPS) is 12.5. The maximum Gasteiger partial charge on any atom is 0.573 e. The maximum atomic E-state index is 13.5. The number of benzene rings is 2. The van der Waals surface area contributed by atoms with E-state index in [-0.39, 0.29) is 22.0 Å². The number of imidazole rings is 1. The first kappa shape index (κ1) is 18.2. The molecule has 0 aliphatic heterocycles. The minimum absolute atomic E-state index is 0.0738. The summed E-state index contributed by atoms with van der Waals surface area (Å²) in [6.45, 7) is 1.51. The maximum absolute atomic E-state index is 13.5. The van der Waals surface area contributed by atoms with Crippen LogP contribution < -0.4 is 4.74 Å². The molecule has 0 fully saturated rings. The number of aromatic nitrogens is 2. The Bertz CT molecular complexity index is 1070. The highest BCUT2D eigenvalue weighted by atomic mass is 32.2. The molecule has 0 bridgehead atoms. The minimum atomic E-state index is -5.03. The van der Waals surface area contributed by atoms with Crippen LogP contribution in [0.1, 0.15) is 6.92 Å². The molecule has 1 N–H and O–H groups in total. The molecule has 0 spiro atoms. The summed E-state index contributed by atoms with van der Waals surface area (Å²) in [5.74, 6) is -2.07. The van der Waals surface area contributed by atoms with Gasteiger partial charge in [0.15, 0.2) is 21.4 Å². The topological polar surface area (TPSA) is 72.1 Å². The van der Waals surface area contributed by atoms with Gasteiger partial charge in [-0.3, -0.25) is 0 Å². The van der Waals surface area contributed by atoms with Crippen LogP contribution in [0, 0.1) is 5.82 Å². The van der Waals surface area contributed by atoms with Crippen molar-refractivity contribution in [1.82, 2.24) is 9.97 Å². The Morgan fingerprint density at radius 1 is 1.15 bits per heavy atom. The predicted octanol–water partition coefficient (Wildman–Crippen LogP) is 4.06. The lowest BCUT2D eigenvalue weighted by Gasteiger charge is -2.10. The van der Waals surface area contributed by atoms with Crippen molar-refractivity contribution in [3.05, 3.63) is 42.2 Å². The Balaban J connectivity index is 2.05. The van der Waals surface area contributed by atoms with Crippen molar-refractivity contribution < 1.29 is 30.7 Å². The summed E-state index contributed by atoms with van der Waals surface area (Å²) in [4.78, 5) is 7.11. The van der Waals surface area contributed by atoms with E-state index in [4.69, 9.17) is 0 Å². The highest BCUT2D eigenvalue weighted by Crippen LogP contribution is 2.30. The zero-order chi connectivity index (χ0) is 19.1. The van der Waals surface area contributed by atoms with Gasteiger partial charge in [-0.25, -0.2) is 17.8 Å². The van der Waals surface area contributed by atoms with Crippen LogP contribution in [0.2, 0.25) is 0 Å². The molecule has 138 valence electrons. The predicted molar refractivity (Wildman–Crippen MR) is 85.9 cm³/mol. The van der Waals surface area contributed by atoms with Crippen molar-refractivity contribution in [2.45, 2.75) is 18.2 Å². The van der Waals surface area contributed by atoms with E-state index < -0.39 is 27.8 Å². The van der Waals surface area contributed by atoms with Crippen LogP contribution in [-0.2, 0) is 9.84 Å². The largest absolute Gasteiger partial charge is 0.573 e. The van der Waals surface area contributed by atoms with Crippen LogP contribution in [0.4, 0.5) is 17.6 Å². The van der Waals surface area contributed by atoms with Gasteiger partial charge in [0.2, 0.25) is 0 Å². The zero-order valence-corrected chi connectivity index (χ0v) is 14.1. The summed E-state index contributed by atoms with van der Waals surface area (Å²) in [6.07, 6.45) is -5.03. The molecule has 0 unspecified atom stereocenters. The fourth-order valence-electron chi connectivity index (χ4n) is 2.34. The lowest BCUT2D eigenvalue weighted by atomic mass is 10.2. The van der Waals surface area contributed by atoms with Gasteiger partial charge in [0.05, 0.1) is 21.7 Å². The Labute approximate surface area is 145 Å². The lowest BCUT2D eigenvalue weighted by molar-refractivity contribution is -0.275. The SMILES string of the molecule is CCS(=O)(=O)c1ccc2nc(-c3ccc(F)c(OC(F)(F)F)c3)[nH]c2c1. The minimum Gasteiger partial charge on any atom is -0.403 e. The average Bonchev–Trinajstić information content (AvgIpc) is 2.98. The summed E-state index contributed by atoms with van der Waals surface area (Å²) in [5, 5.41) is 0. The first-order valence-electron chi connectivity index (χ1n) is 7.37. The Morgan fingerprint density at radius 3 is 2.54 bits per heavy atom. The molecule has 0 aliphatic rings. The van der Waals surface area contributed by atoms with E-state index in [1.807, 2.05) is 0 Å². The molecule has 5 nitrogen and oxygen atoms in total. The van der Waals surface area contributed by atoms with Crippen molar-refractivity contribution in [3.8, 4) is 17.1 Å². The summed E-state index contributed by atoms with van der Waals surface area (Å²) in [7, 11) is -3.42. The van der Waals surface area contributed by atoms with Gasteiger partial charge in [-0.1, -0.05) is 6.92 Å². The molecule has 0 aliphatic carbocycles. The van der Waals surface area contributed by atoms with Gasteiger partial charge in [0.25, 0.3) is 0 Å². The van der Waals surface area contributed by atoms with E-state index in [1.165, 1.54) is 31.2 Å². The number of hydrogen-bond acceptors (Lipinski definition) is 4. The highest BCUT2D eigenvalue weighted by molar-refractivity contribution is 7.91. The smallest absolute Gasteiger partial charge is 0.403 e. The van der Waals surface area contributed by atoms with Gasteiger partial charge in [-0.05, 0) is 36.4 Å². The molecule has 3 rings (SSSR count). The average molecular weight is 388 g/mol. The first-order valence-corrected chi connectivity index (χ1v) is 9.02. The van der Waals surface area contributed by atoms with Crippen LogP contribution >= 0.6 is 0 Å². The van der Waals surface area contributed by atoms with Crippen molar-refractivity contribution in [1.29, 1.82) is 0 Å². The van der Waals surface area contributed by atoms with Crippen LogP contribution in [0.15, 0.2) is 41.3 Å². The summed E-state index contributed by atoms with van der Waals surface area (Å²) in [5.41, 5.74) is 0.955. The molecule has 0 saturated carbocycles. The van der Waals surface area contributed by atoms with Crippen LogP contribution in [-0.4, -0.2) is 30.5 Å². The molecule has 26 heavy (non-hydrogen) atoms. The number of aromatic amines is 1. The molecule has 1 aromatic heterocycles. The number of nitrogens with zero attached hydrogens (tertiary/aromatic N) is 1. The van der Waals surface area contributed by atoms with Gasteiger partial charge in [0.1, 0.15) is 5.82 Å². The fourth-order valence-corrected chi connectivity index (χ4v) is 3.25. The fraction of sp³-hybridized carbons (Fsp3) is 0.188. The Kier molecular flexibility index (Phi) is 4.39. The summed E-state index contributed by atoms with van der Waals surface area (Å²) >= 11 is 0. The Morgan fingerprint density at radius 2 is 1.88 bits per heavy atom. The quantitative estimate of drug-likeness (QED) is 0.684. The molecule has 0 saturated heterocycles. The third-order valence-electron chi connectivity index (χ3n) is 3.62. The van der Waals surface area contributed by atoms with E-state index in [9.17, 15) is 26.0 Å². The molecule has 0 amide bonds. The number of nitrogens with one attached hydrogen (secondary N) is 1. The second-order valence-corrected chi connectivity index (χ2v) is 7.64.